The van der Waals surface area contributed by atoms with Gasteiger partial charge in [0.15, 0.2) is 0 Å². The average molecular weight is 336 g/mol. The lowest BCUT2D eigenvalue weighted by atomic mass is 9.95. The number of hydrogen-bond donors (Lipinski definition) is 1. The number of ether oxygens (including phenoxy) is 1. The first-order valence-corrected chi connectivity index (χ1v) is 8.18. The average Bonchev–Trinajstić information content (AvgIpc) is 2.61. The quantitative estimate of drug-likeness (QED) is 0.487. The van der Waals surface area contributed by atoms with Crippen molar-refractivity contribution < 1.29 is 9.53 Å². The number of nitrogens with zero attached hydrogens (tertiary/aromatic N) is 1. The molecule has 0 saturated carbocycles. The fourth-order valence-corrected chi connectivity index (χ4v) is 2.52. The third-order valence-corrected chi connectivity index (χ3v) is 4.27. The summed E-state index contributed by atoms with van der Waals surface area (Å²) in [6, 6.07) is 9.07. The van der Waals surface area contributed by atoms with E-state index in [1.807, 2.05) is 0 Å². The first kappa shape index (κ1) is 18.5. The lowest BCUT2D eigenvalue weighted by molar-refractivity contribution is 0.0955. The van der Waals surface area contributed by atoms with Crippen LogP contribution in [0.15, 0.2) is 48.1 Å². The molecule has 0 spiro atoms. The van der Waals surface area contributed by atoms with E-state index < -0.39 is 0 Å². The van der Waals surface area contributed by atoms with Crippen molar-refractivity contribution in [2.45, 2.75) is 27.7 Å². The summed E-state index contributed by atoms with van der Waals surface area (Å²) in [5, 5.41) is 4.12. The lowest BCUT2D eigenvalue weighted by Gasteiger charge is -2.11. The summed E-state index contributed by atoms with van der Waals surface area (Å²) < 4.78 is 5.40. The van der Waals surface area contributed by atoms with Gasteiger partial charge in [-0.05, 0) is 74.2 Å². The molecule has 0 aliphatic rings. The number of carbonyl (C=O) groups is 1. The number of benzene rings is 2. The summed E-state index contributed by atoms with van der Waals surface area (Å²) in [5.74, 6) is 0.438. The molecule has 4 nitrogen and oxygen atoms in total. The van der Waals surface area contributed by atoms with Crippen LogP contribution in [0.4, 0.5) is 0 Å². The Balaban J connectivity index is 2.07. The molecule has 0 aliphatic heterocycles. The van der Waals surface area contributed by atoms with E-state index in [1.165, 1.54) is 22.3 Å². The van der Waals surface area contributed by atoms with Gasteiger partial charge < -0.3 is 4.74 Å². The van der Waals surface area contributed by atoms with Gasteiger partial charge in [0.2, 0.25) is 0 Å². The topological polar surface area (TPSA) is 50.7 Å². The highest BCUT2D eigenvalue weighted by molar-refractivity contribution is 5.95. The summed E-state index contributed by atoms with van der Waals surface area (Å²) in [6.07, 6.45) is 3.39. The predicted molar refractivity (Wildman–Crippen MR) is 103 cm³/mol. The van der Waals surface area contributed by atoms with Gasteiger partial charge in [-0.15, -0.1) is 0 Å². The number of hydrogen-bond acceptors (Lipinski definition) is 3. The van der Waals surface area contributed by atoms with Crippen LogP contribution in [0.3, 0.4) is 0 Å². The minimum Gasteiger partial charge on any atom is -0.490 e. The minimum atomic E-state index is -0.258. The van der Waals surface area contributed by atoms with E-state index in [4.69, 9.17) is 4.74 Å². The van der Waals surface area contributed by atoms with E-state index >= 15 is 0 Å². The molecule has 2 aromatic rings. The van der Waals surface area contributed by atoms with Crippen LogP contribution in [0.2, 0.25) is 0 Å². The monoisotopic (exact) mass is 336 g/mol. The molecule has 0 atom stereocenters. The molecular formula is C21H24N2O2. The standard InChI is InChI=1S/C21H24N2O2/c1-6-11-25-19-9-7-18(8-10-19)21(24)23-22-13-20-16(4)14(2)12-15(3)17(20)5/h6-10,12-13H,1,11H2,2-5H3,(H,23,24)/b22-13+. The van der Waals surface area contributed by atoms with Crippen LogP contribution in [-0.2, 0) is 0 Å². The minimum absolute atomic E-state index is 0.258. The first-order chi connectivity index (χ1) is 11.9. The van der Waals surface area contributed by atoms with Crippen LogP contribution in [0.5, 0.6) is 5.75 Å². The highest BCUT2D eigenvalue weighted by atomic mass is 16.5. The summed E-state index contributed by atoms with van der Waals surface area (Å²) in [5.41, 5.74) is 8.92. The molecule has 0 heterocycles. The smallest absolute Gasteiger partial charge is 0.271 e. The molecule has 130 valence electrons. The van der Waals surface area contributed by atoms with Gasteiger partial charge in [0.1, 0.15) is 12.4 Å². The van der Waals surface area contributed by atoms with Crippen molar-refractivity contribution in [2.75, 3.05) is 6.61 Å². The fraction of sp³-hybridized carbons (Fsp3) is 0.238. The van der Waals surface area contributed by atoms with Crippen LogP contribution in [0.25, 0.3) is 0 Å². The second-order valence-electron chi connectivity index (χ2n) is 6.00. The number of rotatable bonds is 6. The third-order valence-electron chi connectivity index (χ3n) is 4.27. The van der Waals surface area contributed by atoms with Gasteiger partial charge in [0, 0.05) is 11.1 Å². The van der Waals surface area contributed by atoms with E-state index in [2.05, 4.69) is 50.9 Å². The van der Waals surface area contributed by atoms with Gasteiger partial charge in [0.25, 0.3) is 5.91 Å². The Labute approximate surface area is 149 Å². The molecule has 1 N–H and O–H groups in total. The molecule has 0 saturated heterocycles. The fourth-order valence-electron chi connectivity index (χ4n) is 2.52. The number of carbonyl (C=O) groups excluding carboxylic acids is 1. The van der Waals surface area contributed by atoms with Crippen LogP contribution in [0, 0.1) is 27.7 Å². The van der Waals surface area contributed by atoms with Crippen molar-refractivity contribution in [2.24, 2.45) is 5.10 Å². The van der Waals surface area contributed by atoms with E-state index in [9.17, 15) is 4.79 Å². The number of nitrogens with one attached hydrogen (secondary N) is 1. The molecule has 0 fully saturated rings. The maximum absolute atomic E-state index is 12.2. The van der Waals surface area contributed by atoms with Crippen LogP contribution in [0.1, 0.15) is 38.2 Å². The summed E-state index contributed by atoms with van der Waals surface area (Å²) in [7, 11) is 0. The van der Waals surface area contributed by atoms with Gasteiger partial charge in [-0.25, -0.2) is 5.43 Å². The molecule has 0 aromatic heterocycles. The summed E-state index contributed by atoms with van der Waals surface area (Å²) >= 11 is 0. The van der Waals surface area contributed by atoms with Crippen molar-refractivity contribution in [3.63, 3.8) is 0 Å². The van der Waals surface area contributed by atoms with Crippen LogP contribution < -0.4 is 10.2 Å². The zero-order valence-corrected chi connectivity index (χ0v) is 15.2. The van der Waals surface area contributed by atoms with Gasteiger partial charge in [0.05, 0.1) is 6.21 Å². The molecule has 25 heavy (non-hydrogen) atoms. The van der Waals surface area contributed by atoms with Crippen LogP contribution >= 0.6 is 0 Å². The predicted octanol–water partition coefficient (Wildman–Crippen LogP) is 4.25. The molecule has 0 aliphatic carbocycles. The number of hydrazone groups is 1. The number of aryl methyl sites for hydroxylation is 2. The van der Waals surface area contributed by atoms with Crippen molar-refractivity contribution in [1.29, 1.82) is 0 Å². The van der Waals surface area contributed by atoms with Crippen molar-refractivity contribution >= 4 is 12.1 Å². The van der Waals surface area contributed by atoms with Crippen LogP contribution in [-0.4, -0.2) is 18.7 Å². The van der Waals surface area contributed by atoms with E-state index in [0.29, 0.717) is 17.9 Å². The normalized spacial score (nSPS) is 10.7. The second kappa shape index (κ2) is 8.29. The van der Waals surface area contributed by atoms with Crippen molar-refractivity contribution in [1.82, 2.24) is 5.43 Å². The Bertz CT molecular complexity index is 779. The first-order valence-electron chi connectivity index (χ1n) is 8.18. The summed E-state index contributed by atoms with van der Waals surface area (Å²) in [6.45, 7) is 12.3. The molecule has 2 rings (SSSR count). The second-order valence-corrected chi connectivity index (χ2v) is 6.00. The Morgan fingerprint density at radius 3 is 2.28 bits per heavy atom. The SMILES string of the molecule is C=CCOc1ccc(C(=O)N/N=C/c2c(C)c(C)cc(C)c2C)cc1. The Morgan fingerprint density at radius 2 is 1.72 bits per heavy atom. The molecule has 0 bridgehead atoms. The van der Waals surface area contributed by atoms with Gasteiger partial charge >= 0.3 is 0 Å². The summed E-state index contributed by atoms with van der Waals surface area (Å²) in [4.78, 5) is 12.2. The Hall–Kier alpha value is -2.88. The van der Waals surface area contributed by atoms with E-state index in [-0.39, 0.29) is 5.91 Å². The lowest BCUT2D eigenvalue weighted by Crippen LogP contribution is -2.17. The highest BCUT2D eigenvalue weighted by Gasteiger charge is 2.07. The largest absolute Gasteiger partial charge is 0.490 e. The Morgan fingerprint density at radius 1 is 1.12 bits per heavy atom. The molecule has 0 unspecified atom stereocenters. The van der Waals surface area contributed by atoms with Crippen molar-refractivity contribution in [3.05, 3.63) is 76.4 Å². The zero-order chi connectivity index (χ0) is 18.4. The van der Waals surface area contributed by atoms with Gasteiger partial charge in [-0.3, -0.25) is 4.79 Å². The molecule has 1 amide bonds. The third kappa shape index (κ3) is 4.57. The van der Waals surface area contributed by atoms with Gasteiger partial charge in [-0.2, -0.15) is 5.10 Å². The molecule has 4 heteroatoms. The molecule has 2 aromatic carbocycles. The maximum atomic E-state index is 12.2. The van der Waals surface area contributed by atoms with Gasteiger partial charge in [-0.1, -0.05) is 18.7 Å². The highest BCUT2D eigenvalue weighted by Crippen LogP contribution is 2.19. The van der Waals surface area contributed by atoms with E-state index in [0.717, 1.165) is 5.56 Å². The zero-order valence-electron chi connectivity index (χ0n) is 15.2. The molecular weight excluding hydrogens is 312 g/mol. The maximum Gasteiger partial charge on any atom is 0.271 e. The molecule has 0 radical (unpaired) electrons. The van der Waals surface area contributed by atoms with Crippen molar-refractivity contribution in [3.8, 4) is 5.75 Å². The van der Waals surface area contributed by atoms with E-state index in [1.54, 1.807) is 36.6 Å². The number of amides is 1. The Kier molecular flexibility index (Phi) is 6.12.